The molecule has 0 aliphatic carbocycles. The Kier molecular flexibility index (Phi) is 6.63. The zero-order valence-corrected chi connectivity index (χ0v) is 19.0. The molecule has 0 unspecified atom stereocenters. The van der Waals surface area contributed by atoms with E-state index in [1.807, 2.05) is 18.7 Å². The van der Waals surface area contributed by atoms with E-state index in [-0.39, 0.29) is 35.2 Å². The minimum atomic E-state index is -4.56. The number of aromatic nitrogens is 3. The van der Waals surface area contributed by atoms with Gasteiger partial charge in [-0.1, -0.05) is 5.16 Å². The minimum absolute atomic E-state index is 0.0778. The molecule has 1 aliphatic heterocycles. The molecule has 1 fully saturated rings. The third-order valence-corrected chi connectivity index (χ3v) is 6.25. The van der Waals surface area contributed by atoms with Crippen molar-refractivity contribution in [3.05, 3.63) is 41.0 Å². The average Bonchev–Trinajstić information content (AvgIpc) is 3.35. The van der Waals surface area contributed by atoms with Crippen molar-refractivity contribution in [2.75, 3.05) is 18.4 Å². The SMILES string of the molecule is Cc1noc(C)c1CCC(=O)N1CCC(CC(=O)Nc2ccc3nc(C(F)(F)F)[nH]c3c2)CC1. The molecule has 11 heteroatoms. The van der Waals surface area contributed by atoms with Crippen molar-refractivity contribution in [1.29, 1.82) is 0 Å². The van der Waals surface area contributed by atoms with Crippen LogP contribution in [0.1, 0.15) is 48.5 Å². The van der Waals surface area contributed by atoms with Crippen molar-refractivity contribution in [1.82, 2.24) is 20.0 Å². The van der Waals surface area contributed by atoms with Crippen LogP contribution >= 0.6 is 0 Å². The van der Waals surface area contributed by atoms with Gasteiger partial charge < -0.3 is 19.7 Å². The predicted molar refractivity (Wildman–Crippen MR) is 118 cm³/mol. The summed E-state index contributed by atoms with van der Waals surface area (Å²) in [6.07, 6.45) is -1.85. The topological polar surface area (TPSA) is 104 Å². The van der Waals surface area contributed by atoms with E-state index in [1.54, 1.807) is 0 Å². The molecule has 3 heterocycles. The molecule has 1 aliphatic rings. The van der Waals surface area contributed by atoms with Crippen molar-refractivity contribution in [3.63, 3.8) is 0 Å². The van der Waals surface area contributed by atoms with E-state index in [1.165, 1.54) is 18.2 Å². The van der Waals surface area contributed by atoms with Gasteiger partial charge in [0.05, 0.1) is 16.7 Å². The first-order valence-corrected chi connectivity index (χ1v) is 11.2. The molecule has 2 aromatic heterocycles. The Morgan fingerprint density at radius 2 is 1.97 bits per heavy atom. The molecule has 0 atom stereocenters. The molecule has 8 nitrogen and oxygen atoms in total. The van der Waals surface area contributed by atoms with Gasteiger partial charge in [0.15, 0.2) is 0 Å². The lowest BCUT2D eigenvalue weighted by molar-refractivity contribution is -0.144. The second-order valence-electron chi connectivity index (χ2n) is 8.69. The molecule has 3 aromatic rings. The summed E-state index contributed by atoms with van der Waals surface area (Å²) in [5, 5.41) is 6.66. The van der Waals surface area contributed by atoms with Crippen molar-refractivity contribution < 1.29 is 27.3 Å². The highest BCUT2D eigenvalue weighted by atomic mass is 19.4. The number of alkyl halides is 3. The lowest BCUT2D eigenvalue weighted by atomic mass is 9.93. The molecular formula is C23H26F3N5O3. The maximum absolute atomic E-state index is 12.8. The Morgan fingerprint density at radius 3 is 2.62 bits per heavy atom. The van der Waals surface area contributed by atoms with Crippen LogP contribution in [0.3, 0.4) is 0 Å². The number of halogens is 3. The summed E-state index contributed by atoms with van der Waals surface area (Å²) in [5.41, 5.74) is 2.57. The number of benzene rings is 1. The molecule has 0 spiro atoms. The first-order chi connectivity index (χ1) is 16.1. The summed E-state index contributed by atoms with van der Waals surface area (Å²) in [7, 11) is 0. The van der Waals surface area contributed by atoms with Gasteiger partial charge in [-0.05, 0) is 57.2 Å². The first-order valence-electron chi connectivity index (χ1n) is 11.2. The van der Waals surface area contributed by atoms with E-state index in [0.717, 1.165) is 29.9 Å². The number of hydrogen-bond acceptors (Lipinski definition) is 5. The third-order valence-electron chi connectivity index (χ3n) is 6.25. The number of fused-ring (bicyclic) bond motifs is 1. The third kappa shape index (κ3) is 5.40. The highest BCUT2D eigenvalue weighted by molar-refractivity contribution is 5.93. The summed E-state index contributed by atoms with van der Waals surface area (Å²) in [6, 6.07) is 4.40. The number of nitrogens with one attached hydrogen (secondary N) is 2. The van der Waals surface area contributed by atoms with Gasteiger partial charge >= 0.3 is 6.18 Å². The molecule has 2 amide bonds. The Morgan fingerprint density at radius 1 is 1.24 bits per heavy atom. The van der Waals surface area contributed by atoms with Gasteiger partial charge in [0.1, 0.15) is 5.76 Å². The molecule has 34 heavy (non-hydrogen) atoms. The number of carbonyl (C=O) groups is 2. The van der Waals surface area contributed by atoms with E-state index in [2.05, 4.69) is 20.4 Å². The Hall–Kier alpha value is -3.37. The van der Waals surface area contributed by atoms with Crippen LogP contribution in [0, 0.1) is 19.8 Å². The monoisotopic (exact) mass is 477 g/mol. The van der Waals surface area contributed by atoms with Crippen LogP contribution in [0.15, 0.2) is 22.7 Å². The lowest BCUT2D eigenvalue weighted by Gasteiger charge is -2.32. The summed E-state index contributed by atoms with van der Waals surface area (Å²) in [4.78, 5) is 32.6. The van der Waals surface area contributed by atoms with E-state index >= 15 is 0 Å². The molecule has 4 rings (SSSR count). The fourth-order valence-electron chi connectivity index (χ4n) is 4.33. The Bertz CT molecular complexity index is 1170. The average molecular weight is 477 g/mol. The van der Waals surface area contributed by atoms with Crippen LogP contribution in [0.4, 0.5) is 18.9 Å². The minimum Gasteiger partial charge on any atom is -0.361 e. The molecule has 0 bridgehead atoms. The smallest absolute Gasteiger partial charge is 0.361 e. The number of imidazole rings is 1. The lowest BCUT2D eigenvalue weighted by Crippen LogP contribution is -2.39. The van der Waals surface area contributed by atoms with Crippen molar-refractivity contribution in [2.24, 2.45) is 5.92 Å². The number of aromatic amines is 1. The number of carbonyl (C=O) groups excluding carboxylic acids is 2. The van der Waals surface area contributed by atoms with E-state index in [4.69, 9.17) is 4.52 Å². The van der Waals surface area contributed by atoms with Crippen molar-refractivity contribution in [2.45, 2.75) is 52.1 Å². The normalized spacial score (nSPS) is 15.1. The number of hydrogen-bond donors (Lipinski definition) is 2. The highest BCUT2D eigenvalue weighted by Crippen LogP contribution is 2.29. The number of likely N-dealkylation sites (tertiary alicyclic amines) is 1. The van der Waals surface area contributed by atoms with Crippen LogP contribution in [0.25, 0.3) is 11.0 Å². The quantitative estimate of drug-likeness (QED) is 0.548. The standard InChI is InChI=1S/C23H26F3N5O3/c1-13-17(14(2)34-30-13)4-6-21(33)31-9-7-15(8-10-31)11-20(32)27-16-3-5-18-19(12-16)29-22(28-18)23(24,25)26/h3,5,12,15H,4,6-11H2,1-2H3,(H,27,32)(H,28,29). The largest absolute Gasteiger partial charge is 0.449 e. The van der Waals surface area contributed by atoms with E-state index in [9.17, 15) is 22.8 Å². The second kappa shape index (κ2) is 9.47. The number of H-pyrrole nitrogens is 1. The maximum atomic E-state index is 12.8. The van der Waals surface area contributed by atoms with Gasteiger partial charge in [0.2, 0.25) is 17.6 Å². The van der Waals surface area contributed by atoms with Crippen molar-refractivity contribution >= 4 is 28.5 Å². The number of rotatable bonds is 6. The summed E-state index contributed by atoms with van der Waals surface area (Å²) in [6.45, 7) is 4.89. The van der Waals surface area contributed by atoms with Gasteiger partial charge in [-0.25, -0.2) is 4.98 Å². The molecule has 2 N–H and O–H groups in total. The van der Waals surface area contributed by atoms with Crippen LogP contribution in [0.5, 0.6) is 0 Å². The zero-order chi connectivity index (χ0) is 24.5. The highest BCUT2D eigenvalue weighted by Gasteiger charge is 2.34. The molecule has 0 saturated carbocycles. The van der Waals surface area contributed by atoms with Gasteiger partial charge in [-0.2, -0.15) is 13.2 Å². The molecule has 1 aromatic carbocycles. The molecule has 182 valence electrons. The van der Waals surface area contributed by atoms with Crippen molar-refractivity contribution in [3.8, 4) is 0 Å². The summed E-state index contributed by atoms with van der Waals surface area (Å²) >= 11 is 0. The van der Waals surface area contributed by atoms with Gasteiger partial charge in [-0.15, -0.1) is 0 Å². The fourth-order valence-corrected chi connectivity index (χ4v) is 4.33. The Balaban J connectivity index is 1.24. The van der Waals surface area contributed by atoms with E-state index in [0.29, 0.717) is 31.6 Å². The number of nitrogens with zero attached hydrogens (tertiary/aromatic N) is 3. The maximum Gasteiger partial charge on any atom is 0.449 e. The van der Waals surface area contributed by atoms with Crippen LogP contribution in [-0.2, 0) is 22.2 Å². The summed E-state index contributed by atoms with van der Waals surface area (Å²) in [5.74, 6) is -0.326. The predicted octanol–water partition coefficient (Wildman–Crippen LogP) is 4.39. The molecule has 1 saturated heterocycles. The number of anilines is 1. The molecule has 0 radical (unpaired) electrons. The van der Waals surface area contributed by atoms with Gasteiger partial charge in [0.25, 0.3) is 0 Å². The molecular weight excluding hydrogens is 451 g/mol. The van der Waals surface area contributed by atoms with Gasteiger partial charge in [-0.3, -0.25) is 9.59 Å². The van der Waals surface area contributed by atoms with Crippen LogP contribution < -0.4 is 5.32 Å². The second-order valence-corrected chi connectivity index (χ2v) is 8.69. The number of amides is 2. The van der Waals surface area contributed by atoms with Crippen LogP contribution in [-0.4, -0.2) is 44.9 Å². The summed E-state index contributed by atoms with van der Waals surface area (Å²) < 4.78 is 43.6. The van der Waals surface area contributed by atoms with Gasteiger partial charge in [0, 0.05) is 37.2 Å². The zero-order valence-electron chi connectivity index (χ0n) is 19.0. The van der Waals surface area contributed by atoms with E-state index < -0.39 is 12.0 Å². The number of aryl methyl sites for hydroxylation is 2. The Labute approximate surface area is 193 Å². The number of piperidine rings is 1. The first kappa shape index (κ1) is 23.8. The van der Waals surface area contributed by atoms with Crippen LogP contribution in [0.2, 0.25) is 0 Å². The fraction of sp³-hybridized carbons (Fsp3) is 0.478.